The van der Waals surface area contributed by atoms with E-state index in [1.807, 2.05) is 18.7 Å². The summed E-state index contributed by atoms with van der Waals surface area (Å²) < 4.78 is 0. The van der Waals surface area contributed by atoms with Crippen LogP contribution >= 0.6 is 0 Å². The lowest BCUT2D eigenvalue weighted by atomic mass is 9.94. The Morgan fingerprint density at radius 2 is 1.88 bits per heavy atom. The van der Waals surface area contributed by atoms with Gasteiger partial charge in [-0.1, -0.05) is 27.7 Å². The zero-order valence-corrected chi connectivity index (χ0v) is 17.4. The number of hydrogen-bond acceptors (Lipinski definition) is 3. The van der Waals surface area contributed by atoms with Crippen molar-refractivity contribution in [2.45, 2.75) is 66.3 Å². The van der Waals surface area contributed by atoms with E-state index in [0.717, 1.165) is 57.8 Å². The Bertz CT molecular complexity index is 430. The Kier molecular flexibility index (Phi) is 10.6. The largest absolute Gasteiger partial charge is 0.396 e. The van der Waals surface area contributed by atoms with Crippen molar-refractivity contribution < 1.29 is 9.90 Å². The third kappa shape index (κ3) is 8.39. The van der Waals surface area contributed by atoms with Gasteiger partial charge in [-0.2, -0.15) is 0 Å². The number of hydrogen-bond donors (Lipinski definition) is 3. The number of carbonyl (C=O) groups excluding carboxylic acids is 1. The third-order valence-electron chi connectivity index (χ3n) is 4.84. The Morgan fingerprint density at radius 3 is 2.38 bits per heavy atom. The molecule has 0 aromatic rings. The normalized spacial score (nSPS) is 17.7. The van der Waals surface area contributed by atoms with Gasteiger partial charge in [-0.25, -0.2) is 0 Å². The monoisotopic (exact) mass is 368 g/mol. The summed E-state index contributed by atoms with van der Waals surface area (Å²) in [6.07, 6.45) is 3.79. The van der Waals surface area contributed by atoms with Gasteiger partial charge < -0.3 is 20.6 Å². The second-order valence-electron chi connectivity index (χ2n) is 8.13. The summed E-state index contributed by atoms with van der Waals surface area (Å²) in [5.41, 5.74) is 0. The molecule has 1 aliphatic heterocycles. The maximum absolute atomic E-state index is 12.1. The van der Waals surface area contributed by atoms with Crippen molar-refractivity contribution in [2.75, 3.05) is 32.8 Å². The SMILES string of the molecule is CCNC(=NCC(CCO)CC(C)C)NC1CCN(C(=O)C(C)C)CC1. The van der Waals surface area contributed by atoms with Gasteiger partial charge in [0, 0.05) is 44.7 Å². The summed E-state index contributed by atoms with van der Waals surface area (Å²) in [7, 11) is 0. The van der Waals surface area contributed by atoms with Gasteiger partial charge >= 0.3 is 0 Å². The summed E-state index contributed by atoms with van der Waals surface area (Å²) in [5, 5.41) is 16.1. The quantitative estimate of drug-likeness (QED) is 0.431. The number of aliphatic hydroxyl groups excluding tert-OH is 1. The number of rotatable bonds is 9. The zero-order chi connectivity index (χ0) is 19.5. The van der Waals surface area contributed by atoms with Crippen LogP contribution in [0.15, 0.2) is 4.99 Å². The van der Waals surface area contributed by atoms with Crippen molar-refractivity contribution in [3.05, 3.63) is 0 Å². The summed E-state index contributed by atoms with van der Waals surface area (Å²) >= 11 is 0. The molecule has 1 saturated heterocycles. The van der Waals surface area contributed by atoms with E-state index in [0.29, 0.717) is 17.9 Å². The number of likely N-dealkylation sites (tertiary alicyclic amines) is 1. The number of carbonyl (C=O) groups is 1. The van der Waals surface area contributed by atoms with Crippen LogP contribution in [0.5, 0.6) is 0 Å². The van der Waals surface area contributed by atoms with Gasteiger partial charge in [-0.3, -0.25) is 9.79 Å². The van der Waals surface area contributed by atoms with Crippen molar-refractivity contribution in [3.63, 3.8) is 0 Å². The maximum Gasteiger partial charge on any atom is 0.225 e. The molecule has 26 heavy (non-hydrogen) atoms. The molecule has 6 heteroatoms. The number of aliphatic hydroxyl groups is 1. The lowest BCUT2D eigenvalue weighted by Gasteiger charge is -2.34. The molecule has 1 amide bonds. The first kappa shape index (κ1) is 22.7. The molecule has 0 aromatic carbocycles. The Morgan fingerprint density at radius 1 is 1.23 bits per heavy atom. The summed E-state index contributed by atoms with van der Waals surface area (Å²) in [6.45, 7) is 13.8. The molecule has 0 aliphatic carbocycles. The molecule has 0 aromatic heterocycles. The lowest BCUT2D eigenvalue weighted by molar-refractivity contribution is -0.135. The summed E-state index contributed by atoms with van der Waals surface area (Å²) in [4.78, 5) is 18.8. The smallest absolute Gasteiger partial charge is 0.225 e. The Labute approximate surface area is 159 Å². The molecule has 1 heterocycles. The fourth-order valence-electron chi connectivity index (χ4n) is 3.48. The number of guanidine groups is 1. The maximum atomic E-state index is 12.1. The molecule has 1 rings (SSSR count). The van der Waals surface area contributed by atoms with Crippen molar-refractivity contribution in [1.82, 2.24) is 15.5 Å². The van der Waals surface area contributed by atoms with Crippen molar-refractivity contribution >= 4 is 11.9 Å². The van der Waals surface area contributed by atoms with Crippen LogP contribution in [0.2, 0.25) is 0 Å². The van der Waals surface area contributed by atoms with Crippen LogP contribution in [0.1, 0.15) is 60.3 Å². The first-order valence-corrected chi connectivity index (χ1v) is 10.3. The molecule has 0 bridgehead atoms. The molecule has 0 saturated carbocycles. The van der Waals surface area contributed by atoms with Crippen LogP contribution < -0.4 is 10.6 Å². The van der Waals surface area contributed by atoms with Gasteiger partial charge in [0.1, 0.15) is 0 Å². The molecule has 6 nitrogen and oxygen atoms in total. The predicted molar refractivity (Wildman–Crippen MR) is 108 cm³/mol. The van der Waals surface area contributed by atoms with E-state index in [9.17, 15) is 9.90 Å². The van der Waals surface area contributed by atoms with Gasteiger partial charge in [-0.05, 0) is 44.4 Å². The number of nitrogens with one attached hydrogen (secondary N) is 2. The summed E-state index contributed by atoms with van der Waals surface area (Å²) in [6, 6.07) is 0.352. The van der Waals surface area contributed by atoms with Crippen LogP contribution in [-0.2, 0) is 4.79 Å². The number of nitrogens with zero attached hydrogens (tertiary/aromatic N) is 2. The highest BCUT2D eigenvalue weighted by Gasteiger charge is 2.24. The molecule has 1 atom stereocenters. The molecule has 3 N–H and O–H groups in total. The standard InChI is InChI=1S/C20H40N4O2/c1-6-21-20(22-14-17(9-12-25)13-15(2)3)23-18-7-10-24(11-8-18)19(26)16(4)5/h15-18,25H,6-14H2,1-5H3,(H2,21,22,23). The average molecular weight is 369 g/mol. The van der Waals surface area contributed by atoms with Crippen molar-refractivity contribution in [3.8, 4) is 0 Å². The fraction of sp³-hybridized carbons (Fsp3) is 0.900. The second kappa shape index (κ2) is 12.2. The van der Waals surface area contributed by atoms with Gasteiger partial charge in [0.2, 0.25) is 5.91 Å². The molecular formula is C20H40N4O2. The van der Waals surface area contributed by atoms with E-state index in [1.54, 1.807) is 0 Å². The summed E-state index contributed by atoms with van der Waals surface area (Å²) in [5.74, 6) is 2.21. The van der Waals surface area contributed by atoms with Gasteiger partial charge in [0.25, 0.3) is 0 Å². The average Bonchev–Trinajstić information content (AvgIpc) is 2.59. The van der Waals surface area contributed by atoms with Gasteiger partial charge in [-0.15, -0.1) is 0 Å². The first-order chi connectivity index (χ1) is 12.4. The topological polar surface area (TPSA) is 77.0 Å². The fourth-order valence-corrected chi connectivity index (χ4v) is 3.48. The van der Waals surface area contributed by atoms with E-state index in [2.05, 4.69) is 31.4 Å². The molecule has 0 spiro atoms. The lowest BCUT2D eigenvalue weighted by Crippen LogP contribution is -2.50. The minimum atomic E-state index is 0.0720. The minimum Gasteiger partial charge on any atom is -0.396 e. The van der Waals surface area contributed by atoms with E-state index >= 15 is 0 Å². The van der Waals surface area contributed by atoms with Crippen LogP contribution in [0.25, 0.3) is 0 Å². The highest BCUT2D eigenvalue weighted by atomic mass is 16.3. The minimum absolute atomic E-state index is 0.0720. The van der Waals surface area contributed by atoms with Crippen LogP contribution in [0, 0.1) is 17.8 Å². The zero-order valence-electron chi connectivity index (χ0n) is 17.4. The molecule has 0 radical (unpaired) electrons. The molecule has 152 valence electrons. The van der Waals surface area contributed by atoms with Crippen molar-refractivity contribution in [2.24, 2.45) is 22.7 Å². The first-order valence-electron chi connectivity index (χ1n) is 10.3. The third-order valence-corrected chi connectivity index (χ3v) is 4.84. The van der Waals surface area contributed by atoms with E-state index in [-0.39, 0.29) is 18.4 Å². The van der Waals surface area contributed by atoms with E-state index in [1.165, 1.54) is 0 Å². The highest BCUT2D eigenvalue weighted by Crippen LogP contribution is 2.16. The van der Waals surface area contributed by atoms with Crippen molar-refractivity contribution in [1.29, 1.82) is 0 Å². The van der Waals surface area contributed by atoms with Crippen LogP contribution in [0.4, 0.5) is 0 Å². The second-order valence-corrected chi connectivity index (χ2v) is 8.13. The van der Waals surface area contributed by atoms with Crippen LogP contribution in [0.3, 0.4) is 0 Å². The highest BCUT2D eigenvalue weighted by molar-refractivity contribution is 5.80. The molecule has 1 aliphatic rings. The number of aliphatic imine (C=N–C) groups is 1. The van der Waals surface area contributed by atoms with E-state index in [4.69, 9.17) is 4.99 Å². The van der Waals surface area contributed by atoms with Crippen LogP contribution in [-0.4, -0.2) is 60.7 Å². The Balaban J connectivity index is 2.55. The Hall–Kier alpha value is -1.30. The number of piperidine rings is 1. The predicted octanol–water partition coefficient (Wildman–Crippen LogP) is 2.23. The molecule has 1 fully saturated rings. The van der Waals surface area contributed by atoms with Gasteiger partial charge in [0.15, 0.2) is 5.96 Å². The van der Waals surface area contributed by atoms with Gasteiger partial charge in [0.05, 0.1) is 0 Å². The molecule has 1 unspecified atom stereocenters. The molecular weight excluding hydrogens is 328 g/mol. The number of amides is 1. The van der Waals surface area contributed by atoms with E-state index < -0.39 is 0 Å².